The molecule has 0 radical (unpaired) electrons. The van der Waals surface area contributed by atoms with Crippen LogP contribution < -0.4 is 0 Å². The fraction of sp³-hybridized carbons (Fsp3) is 0.875. The van der Waals surface area contributed by atoms with Crippen LogP contribution in [-0.2, 0) is 15.6 Å². The van der Waals surface area contributed by atoms with E-state index in [9.17, 15) is 9.00 Å². The van der Waals surface area contributed by atoms with Crippen LogP contribution in [0.25, 0.3) is 0 Å². The van der Waals surface area contributed by atoms with Crippen LogP contribution in [0.3, 0.4) is 0 Å². The molecule has 0 rings (SSSR count). The van der Waals surface area contributed by atoms with Crippen molar-refractivity contribution in [1.82, 2.24) is 0 Å². The first-order valence-electron chi connectivity index (χ1n) is 3.90. The van der Waals surface area contributed by atoms with Gasteiger partial charge in [-0.05, 0) is 19.8 Å². The first-order valence-corrected chi connectivity index (χ1v) is 5.22. The minimum Gasteiger partial charge on any atom is -0.480 e. The Hall–Kier alpha value is -0.380. The monoisotopic (exact) mass is 192 g/mol. The topological polar surface area (TPSA) is 54.4 Å². The van der Waals surface area contributed by atoms with Crippen molar-refractivity contribution >= 4 is 16.8 Å². The molecule has 1 N–H and O–H groups in total. The summed E-state index contributed by atoms with van der Waals surface area (Å²) in [6.45, 7) is 6.84. The normalized spacial score (nSPS) is 14.8. The van der Waals surface area contributed by atoms with E-state index >= 15 is 0 Å². The van der Waals surface area contributed by atoms with Gasteiger partial charge in [0, 0.05) is 16.6 Å². The summed E-state index contributed by atoms with van der Waals surface area (Å²) in [6, 6.07) is 0. The highest BCUT2D eigenvalue weighted by Crippen LogP contribution is 2.15. The van der Waals surface area contributed by atoms with Crippen LogP contribution in [0.4, 0.5) is 0 Å². The van der Waals surface area contributed by atoms with Crippen molar-refractivity contribution in [3.8, 4) is 0 Å². The second-order valence-electron chi connectivity index (χ2n) is 3.72. The fourth-order valence-corrected chi connectivity index (χ4v) is 1.83. The molecule has 0 saturated carbocycles. The van der Waals surface area contributed by atoms with Crippen LogP contribution in [0.5, 0.6) is 0 Å². The van der Waals surface area contributed by atoms with Crippen LogP contribution in [-0.4, -0.2) is 25.8 Å². The van der Waals surface area contributed by atoms with Crippen molar-refractivity contribution in [3.05, 3.63) is 0 Å². The highest BCUT2D eigenvalue weighted by Gasteiger charge is 2.34. The van der Waals surface area contributed by atoms with Crippen molar-refractivity contribution in [2.24, 2.45) is 5.92 Å². The zero-order valence-electron chi connectivity index (χ0n) is 7.96. The second-order valence-corrected chi connectivity index (χ2v) is 5.77. The van der Waals surface area contributed by atoms with Gasteiger partial charge in [-0.15, -0.1) is 0 Å². The zero-order chi connectivity index (χ0) is 9.94. The molecule has 72 valence electrons. The lowest BCUT2D eigenvalue weighted by atomic mass is 10.2. The van der Waals surface area contributed by atoms with Gasteiger partial charge in [0.15, 0.2) is 0 Å². The highest BCUT2D eigenvalue weighted by atomic mass is 32.2. The Morgan fingerprint density at radius 2 is 1.92 bits per heavy atom. The third-order valence-electron chi connectivity index (χ3n) is 1.57. The molecule has 0 aromatic rings. The van der Waals surface area contributed by atoms with Crippen molar-refractivity contribution in [3.63, 3.8) is 0 Å². The zero-order valence-corrected chi connectivity index (χ0v) is 8.77. The van der Waals surface area contributed by atoms with E-state index in [4.69, 9.17) is 5.11 Å². The first-order chi connectivity index (χ1) is 5.28. The molecule has 0 aliphatic heterocycles. The molecular weight excluding hydrogens is 176 g/mol. The van der Waals surface area contributed by atoms with E-state index in [1.165, 1.54) is 13.8 Å². The lowest BCUT2D eigenvalue weighted by Gasteiger charge is -2.19. The molecule has 1 atom stereocenters. The maximum absolute atomic E-state index is 11.4. The maximum Gasteiger partial charge on any atom is 0.321 e. The lowest BCUT2D eigenvalue weighted by molar-refractivity contribution is -0.139. The summed E-state index contributed by atoms with van der Waals surface area (Å²) in [5.41, 5.74) is 0. The molecule has 4 heteroatoms. The van der Waals surface area contributed by atoms with E-state index in [0.29, 0.717) is 5.75 Å². The van der Waals surface area contributed by atoms with Crippen LogP contribution >= 0.6 is 0 Å². The third kappa shape index (κ3) is 2.93. The standard InChI is InChI=1S/C8H16O3S/c1-6(2)5-12(11)8(3,4)7(9)10/h6H,5H2,1-4H3,(H,9,10). The van der Waals surface area contributed by atoms with E-state index in [-0.39, 0.29) is 5.92 Å². The SMILES string of the molecule is CC(C)CS(=O)C(C)(C)C(=O)O. The van der Waals surface area contributed by atoms with E-state index in [1.54, 1.807) is 0 Å². The predicted octanol–water partition coefficient (Wildman–Crippen LogP) is 1.25. The van der Waals surface area contributed by atoms with E-state index in [2.05, 4.69) is 0 Å². The summed E-state index contributed by atoms with van der Waals surface area (Å²) < 4.78 is 10.3. The Balaban J connectivity index is 4.36. The average Bonchev–Trinajstić information content (AvgIpc) is 1.85. The number of carboxylic acid groups (broad SMARTS) is 1. The van der Waals surface area contributed by atoms with Crippen LogP contribution in [0.2, 0.25) is 0 Å². The van der Waals surface area contributed by atoms with E-state index in [0.717, 1.165) is 0 Å². The number of hydrogen-bond acceptors (Lipinski definition) is 2. The summed E-state index contributed by atoms with van der Waals surface area (Å²) in [6.07, 6.45) is 0. The van der Waals surface area contributed by atoms with Gasteiger partial charge in [-0.1, -0.05) is 13.8 Å². The van der Waals surface area contributed by atoms with Crippen LogP contribution in [0.1, 0.15) is 27.7 Å². The number of aliphatic carboxylic acids is 1. The van der Waals surface area contributed by atoms with Gasteiger partial charge in [0.05, 0.1) is 0 Å². The van der Waals surface area contributed by atoms with Gasteiger partial charge in [-0.2, -0.15) is 0 Å². The van der Waals surface area contributed by atoms with Crippen molar-refractivity contribution < 1.29 is 14.1 Å². The molecule has 12 heavy (non-hydrogen) atoms. The molecular formula is C8H16O3S. The quantitative estimate of drug-likeness (QED) is 0.729. The van der Waals surface area contributed by atoms with Crippen molar-refractivity contribution in [2.45, 2.75) is 32.4 Å². The summed E-state index contributed by atoms with van der Waals surface area (Å²) in [5.74, 6) is -0.287. The molecule has 0 aliphatic carbocycles. The Bertz CT molecular complexity index is 196. The average molecular weight is 192 g/mol. The highest BCUT2D eigenvalue weighted by molar-refractivity contribution is 7.87. The number of rotatable bonds is 4. The molecule has 0 aromatic heterocycles. The molecule has 0 bridgehead atoms. The summed E-state index contributed by atoms with van der Waals surface area (Å²) in [7, 11) is -1.29. The Morgan fingerprint density at radius 1 is 1.50 bits per heavy atom. The third-order valence-corrected chi connectivity index (χ3v) is 3.85. The second kappa shape index (κ2) is 4.03. The molecule has 0 aliphatic rings. The molecule has 0 heterocycles. The van der Waals surface area contributed by atoms with Gasteiger partial charge in [0.2, 0.25) is 0 Å². The largest absolute Gasteiger partial charge is 0.480 e. The van der Waals surface area contributed by atoms with Gasteiger partial charge in [-0.25, -0.2) is 0 Å². The minimum absolute atomic E-state index is 0.268. The van der Waals surface area contributed by atoms with Gasteiger partial charge in [0.1, 0.15) is 4.75 Å². The van der Waals surface area contributed by atoms with E-state index in [1.807, 2.05) is 13.8 Å². The van der Waals surface area contributed by atoms with Gasteiger partial charge in [0.25, 0.3) is 0 Å². The summed E-state index contributed by atoms with van der Waals surface area (Å²) in [4.78, 5) is 10.7. The molecule has 0 amide bonds. The van der Waals surface area contributed by atoms with Crippen molar-refractivity contribution in [2.75, 3.05) is 5.75 Å². The molecule has 0 spiro atoms. The molecule has 0 fully saturated rings. The number of carboxylic acids is 1. The Labute approximate surface area is 75.6 Å². The van der Waals surface area contributed by atoms with Gasteiger partial charge in [-0.3, -0.25) is 9.00 Å². The first kappa shape index (κ1) is 11.6. The van der Waals surface area contributed by atoms with Crippen LogP contribution in [0, 0.1) is 5.92 Å². The summed E-state index contributed by atoms with van der Waals surface area (Å²) in [5, 5.41) is 8.73. The summed E-state index contributed by atoms with van der Waals surface area (Å²) >= 11 is 0. The molecule has 0 saturated heterocycles. The van der Waals surface area contributed by atoms with Crippen LogP contribution in [0.15, 0.2) is 0 Å². The predicted molar refractivity (Wildman–Crippen MR) is 49.6 cm³/mol. The fourth-order valence-electron chi connectivity index (χ4n) is 0.608. The lowest BCUT2D eigenvalue weighted by Crippen LogP contribution is -2.38. The Kier molecular flexibility index (Phi) is 3.90. The number of carbonyl (C=O) groups is 1. The van der Waals surface area contributed by atoms with Crippen molar-refractivity contribution in [1.29, 1.82) is 0 Å². The van der Waals surface area contributed by atoms with Gasteiger partial charge < -0.3 is 5.11 Å². The minimum atomic E-state index is -1.29. The molecule has 0 aromatic carbocycles. The van der Waals surface area contributed by atoms with Gasteiger partial charge >= 0.3 is 5.97 Å². The number of hydrogen-bond donors (Lipinski definition) is 1. The van der Waals surface area contributed by atoms with E-state index < -0.39 is 21.5 Å². The molecule has 1 unspecified atom stereocenters. The molecule has 3 nitrogen and oxygen atoms in total. The smallest absolute Gasteiger partial charge is 0.321 e. The maximum atomic E-state index is 11.4. The Morgan fingerprint density at radius 3 is 2.17 bits per heavy atom.